The van der Waals surface area contributed by atoms with Gasteiger partial charge in [-0.25, -0.2) is 9.59 Å². The zero-order chi connectivity index (χ0) is 33.6. The maximum Gasteiger partial charge on any atom is 0.317 e. The van der Waals surface area contributed by atoms with Crippen LogP contribution in [0.4, 0.5) is 9.59 Å². The van der Waals surface area contributed by atoms with Gasteiger partial charge in [-0.3, -0.25) is 9.59 Å². The van der Waals surface area contributed by atoms with Crippen LogP contribution < -0.4 is 10.6 Å². The van der Waals surface area contributed by atoms with Crippen LogP contribution in [0.1, 0.15) is 68.9 Å². The number of nitrogens with one attached hydrogen (secondary N) is 2. The van der Waals surface area contributed by atoms with Gasteiger partial charge in [0.1, 0.15) is 0 Å². The molecule has 46 heavy (non-hydrogen) atoms. The monoisotopic (exact) mass is 636 g/mol. The van der Waals surface area contributed by atoms with Crippen molar-refractivity contribution in [2.75, 3.05) is 60.9 Å². The third-order valence-electron chi connectivity index (χ3n) is 8.12. The van der Waals surface area contributed by atoms with Crippen LogP contribution in [0.5, 0.6) is 0 Å². The minimum Gasteiger partial charge on any atom is -0.346 e. The molecule has 2 rings (SSSR count). The van der Waals surface area contributed by atoms with Crippen LogP contribution in [0.15, 0.2) is 60.7 Å². The van der Waals surface area contributed by atoms with Crippen molar-refractivity contribution in [2.45, 2.75) is 70.8 Å². The van der Waals surface area contributed by atoms with Gasteiger partial charge in [-0.2, -0.15) is 0 Å². The molecule has 10 nitrogen and oxygen atoms in total. The van der Waals surface area contributed by atoms with Gasteiger partial charge in [0.15, 0.2) is 0 Å². The number of hydrogen-bond acceptors (Lipinski definition) is 4. The molecule has 0 aliphatic carbocycles. The lowest BCUT2D eigenvalue weighted by molar-refractivity contribution is -0.130. The number of carbonyl (C=O) groups is 4. The molecule has 0 atom stereocenters. The van der Waals surface area contributed by atoms with E-state index in [1.807, 2.05) is 74.8 Å². The van der Waals surface area contributed by atoms with E-state index in [9.17, 15) is 19.2 Å². The maximum absolute atomic E-state index is 12.5. The highest BCUT2D eigenvalue weighted by molar-refractivity contribution is 5.76. The molecular formula is C36H56N6O4. The Labute approximate surface area is 276 Å². The first-order valence-corrected chi connectivity index (χ1v) is 16.7. The van der Waals surface area contributed by atoms with E-state index in [1.165, 1.54) is 5.56 Å². The number of unbranched alkanes of at least 4 members (excludes halogenated alkanes) is 4. The Kier molecular flexibility index (Phi) is 18.6. The lowest BCUT2D eigenvalue weighted by Crippen LogP contribution is -2.41. The Balaban J connectivity index is 1.42. The predicted molar refractivity (Wildman–Crippen MR) is 184 cm³/mol. The molecule has 0 radical (unpaired) electrons. The van der Waals surface area contributed by atoms with Crippen molar-refractivity contribution in [2.24, 2.45) is 0 Å². The van der Waals surface area contributed by atoms with Crippen molar-refractivity contribution < 1.29 is 19.2 Å². The first-order valence-electron chi connectivity index (χ1n) is 16.7. The molecule has 0 aromatic heterocycles. The minimum absolute atomic E-state index is 0.104. The van der Waals surface area contributed by atoms with Gasteiger partial charge in [0, 0.05) is 80.3 Å². The van der Waals surface area contributed by atoms with Gasteiger partial charge in [0.2, 0.25) is 11.8 Å². The number of amides is 6. The normalized spacial score (nSPS) is 10.6. The molecule has 0 aliphatic rings. The van der Waals surface area contributed by atoms with Crippen molar-refractivity contribution in [1.82, 2.24) is 30.2 Å². The van der Waals surface area contributed by atoms with Crippen LogP contribution in [-0.4, -0.2) is 104 Å². The van der Waals surface area contributed by atoms with Gasteiger partial charge < -0.3 is 30.2 Å². The zero-order valence-corrected chi connectivity index (χ0v) is 28.5. The maximum atomic E-state index is 12.5. The summed E-state index contributed by atoms with van der Waals surface area (Å²) in [6.07, 6.45) is 8.00. The third-order valence-corrected chi connectivity index (χ3v) is 8.12. The van der Waals surface area contributed by atoms with Crippen molar-refractivity contribution in [1.29, 1.82) is 0 Å². The minimum atomic E-state index is -0.129. The second kappa shape index (κ2) is 22.4. The van der Waals surface area contributed by atoms with E-state index in [0.717, 1.165) is 50.5 Å². The Morgan fingerprint density at radius 1 is 0.500 bits per heavy atom. The van der Waals surface area contributed by atoms with Crippen molar-refractivity contribution >= 4 is 23.9 Å². The number of rotatable bonds is 21. The van der Waals surface area contributed by atoms with E-state index in [0.29, 0.717) is 58.5 Å². The number of benzene rings is 2. The summed E-state index contributed by atoms with van der Waals surface area (Å²) < 4.78 is 0. The molecular weight excluding hydrogens is 580 g/mol. The molecule has 0 saturated carbocycles. The van der Waals surface area contributed by atoms with Crippen molar-refractivity contribution in [3.05, 3.63) is 71.8 Å². The highest BCUT2D eigenvalue weighted by atomic mass is 16.2. The van der Waals surface area contributed by atoms with Crippen LogP contribution in [0, 0.1) is 0 Å². The summed E-state index contributed by atoms with van der Waals surface area (Å²) in [6.45, 7) is 3.52. The summed E-state index contributed by atoms with van der Waals surface area (Å²) in [5.74, 6) is 0.276. The van der Waals surface area contributed by atoms with Gasteiger partial charge in [-0.15, -0.1) is 0 Å². The van der Waals surface area contributed by atoms with Crippen LogP contribution in [-0.2, 0) is 22.6 Å². The van der Waals surface area contributed by atoms with E-state index in [4.69, 9.17) is 0 Å². The van der Waals surface area contributed by atoms with Gasteiger partial charge in [0.05, 0.1) is 0 Å². The molecule has 0 bridgehead atoms. The summed E-state index contributed by atoms with van der Waals surface area (Å²) in [5.41, 5.74) is 2.22. The smallest absolute Gasteiger partial charge is 0.317 e. The van der Waals surface area contributed by atoms with Crippen LogP contribution in [0.3, 0.4) is 0 Å². The largest absolute Gasteiger partial charge is 0.346 e. The Hall–Kier alpha value is -4.08. The predicted octanol–water partition coefficient (Wildman–Crippen LogP) is 5.14. The van der Waals surface area contributed by atoms with Crippen molar-refractivity contribution in [3.8, 4) is 0 Å². The lowest BCUT2D eigenvalue weighted by atomic mass is 10.1. The summed E-state index contributed by atoms with van der Waals surface area (Å²) >= 11 is 0. The number of nitrogens with zero attached hydrogens (tertiary/aromatic N) is 4. The average molecular weight is 637 g/mol. The van der Waals surface area contributed by atoms with Crippen LogP contribution >= 0.6 is 0 Å². The first kappa shape index (κ1) is 38.1. The number of carbonyl (C=O) groups excluding carboxylic acids is 4. The number of hydrogen-bond donors (Lipinski definition) is 2. The molecule has 0 heterocycles. The Morgan fingerprint density at radius 3 is 1.54 bits per heavy atom. The highest BCUT2D eigenvalue weighted by Gasteiger charge is 2.13. The highest BCUT2D eigenvalue weighted by Crippen LogP contribution is 2.08. The molecule has 6 amide bonds. The molecule has 2 aromatic carbocycles. The van der Waals surface area contributed by atoms with Crippen LogP contribution in [0.25, 0.3) is 0 Å². The molecule has 0 fully saturated rings. The standard InChI is InChI=1S/C36H56N6O4/c1-39(26-16-27-40(2)34(44)24-23-31-18-10-8-11-19-31)33(43)22-14-6-5-7-15-25-37-35(45)41(3)28-17-29-42(4)36(46)38-30-32-20-12-9-13-21-32/h8-13,18-21H,5-7,14-17,22-30H2,1-4H3,(H,37,45)(H,38,46). The van der Waals surface area contributed by atoms with E-state index in [1.54, 1.807) is 33.7 Å². The fourth-order valence-corrected chi connectivity index (χ4v) is 4.99. The summed E-state index contributed by atoms with van der Waals surface area (Å²) in [5, 5.41) is 5.87. The SMILES string of the molecule is CN(CCCN(C)C(=O)CCc1ccccc1)C(=O)CCCCCCCNC(=O)N(C)CCCN(C)C(=O)NCc1ccccc1. The number of aryl methyl sites for hydroxylation is 1. The fourth-order valence-electron chi connectivity index (χ4n) is 4.99. The molecule has 0 aliphatic heterocycles. The van der Waals surface area contributed by atoms with Gasteiger partial charge >= 0.3 is 12.1 Å². The molecule has 2 aromatic rings. The topological polar surface area (TPSA) is 105 Å². The van der Waals surface area contributed by atoms with E-state index in [2.05, 4.69) is 10.6 Å². The van der Waals surface area contributed by atoms with Gasteiger partial charge in [-0.1, -0.05) is 79.9 Å². The molecule has 0 spiro atoms. The molecule has 0 saturated heterocycles. The second-order valence-electron chi connectivity index (χ2n) is 12.1. The summed E-state index contributed by atoms with van der Waals surface area (Å²) in [6, 6.07) is 19.6. The fraction of sp³-hybridized carbons (Fsp3) is 0.556. The quantitative estimate of drug-likeness (QED) is 0.185. The average Bonchev–Trinajstić information content (AvgIpc) is 3.07. The van der Waals surface area contributed by atoms with E-state index in [-0.39, 0.29) is 23.9 Å². The molecule has 254 valence electrons. The summed E-state index contributed by atoms with van der Waals surface area (Å²) in [4.78, 5) is 56.4. The first-order chi connectivity index (χ1) is 22.2. The molecule has 10 heteroatoms. The zero-order valence-electron chi connectivity index (χ0n) is 28.5. The number of urea groups is 2. The molecule has 2 N–H and O–H groups in total. The van der Waals surface area contributed by atoms with Gasteiger partial charge in [-0.05, 0) is 43.2 Å². The lowest BCUT2D eigenvalue weighted by Gasteiger charge is -2.21. The summed E-state index contributed by atoms with van der Waals surface area (Å²) in [7, 11) is 7.19. The Bertz CT molecular complexity index is 1070. The second-order valence-corrected chi connectivity index (χ2v) is 12.1. The van der Waals surface area contributed by atoms with E-state index < -0.39 is 0 Å². The van der Waals surface area contributed by atoms with Crippen LogP contribution in [0.2, 0.25) is 0 Å². The van der Waals surface area contributed by atoms with Crippen molar-refractivity contribution in [3.63, 3.8) is 0 Å². The van der Waals surface area contributed by atoms with E-state index >= 15 is 0 Å². The van der Waals surface area contributed by atoms with Gasteiger partial charge in [0.25, 0.3) is 0 Å². The Morgan fingerprint density at radius 2 is 0.957 bits per heavy atom. The third kappa shape index (κ3) is 16.3. The molecule has 0 unspecified atom stereocenters.